The second-order valence-corrected chi connectivity index (χ2v) is 4.32. The molecule has 1 aliphatic heterocycles. The number of carbonyl (C=O) groups excluding carboxylic acids is 1. The summed E-state index contributed by atoms with van der Waals surface area (Å²) in [4.78, 5) is 11.8. The molecule has 2 nitrogen and oxygen atoms in total. The van der Waals surface area contributed by atoms with Crippen LogP contribution in [0.5, 0.6) is 0 Å². The van der Waals surface area contributed by atoms with E-state index in [2.05, 4.69) is 0 Å². The molecule has 0 saturated carbocycles. The molecule has 1 aromatic rings. The second kappa shape index (κ2) is 4.92. The van der Waals surface area contributed by atoms with Crippen molar-refractivity contribution < 1.29 is 18.3 Å². The van der Waals surface area contributed by atoms with Crippen LogP contribution in [-0.2, 0) is 4.74 Å². The number of Topliss-reactive ketones (excluding diaryl/α,β-unsaturated/α-hetero) is 1. The van der Waals surface area contributed by atoms with Crippen molar-refractivity contribution in [1.82, 2.24) is 0 Å². The van der Waals surface area contributed by atoms with Crippen LogP contribution in [0.4, 0.5) is 8.78 Å². The van der Waals surface area contributed by atoms with E-state index >= 15 is 0 Å². The van der Waals surface area contributed by atoms with Crippen molar-refractivity contribution in [3.8, 4) is 0 Å². The Morgan fingerprint density at radius 1 is 1.41 bits per heavy atom. The molecule has 1 aromatic carbocycles. The van der Waals surface area contributed by atoms with Crippen LogP contribution in [0.3, 0.4) is 0 Å². The lowest BCUT2D eigenvalue weighted by Gasteiger charge is -2.09. The van der Waals surface area contributed by atoms with Gasteiger partial charge < -0.3 is 4.74 Å². The predicted molar refractivity (Wildman–Crippen MR) is 59.0 cm³/mol. The lowest BCUT2D eigenvalue weighted by atomic mass is 10.0. The highest BCUT2D eigenvalue weighted by molar-refractivity contribution is 5.96. The van der Waals surface area contributed by atoms with Crippen molar-refractivity contribution in [2.45, 2.75) is 32.3 Å². The third-order valence-corrected chi connectivity index (χ3v) is 3.01. The minimum absolute atomic E-state index is 0.124. The molecule has 0 spiro atoms. The Balaban J connectivity index is 2.16. The van der Waals surface area contributed by atoms with E-state index in [-0.39, 0.29) is 23.7 Å². The molecule has 2 rings (SSSR count). The largest absolute Gasteiger partial charge is 0.378 e. The highest BCUT2D eigenvalue weighted by Gasteiger charge is 2.23. The third-order valence-electron chi connectivity index (χ3n) is 3.01. The Morgan fingerprint density at radius 3 is 2.82 bits per heavy atom. The maximum atomic E-state index is 13.6. The van der Waals surface area contributed by atoms with E-state index in [1.807, 2.05) is 0 Å². The molecule has 0 aliphatic carbocycles. The number of hydrogen-bond acceptors (Lipinski definition) is 2. The minimum Gasteiger partial charge on any atom is -0.378 e. The Kier molecular flexibility index (Phi) is 3.52. The average molecular weight is 240 g/mol. The summed E-state index contributed by atoms with van der Waals surface area (Å²) in [7, 11) is 0. The van der Waals surface area contributed by atoms with Gasteiger partial charge in [-0.25, -0.2) is 8.78 Å². The van der Waals surface area contributed by atoms with Crippen LogP contribution in [0, 0.1) is 18.6 Å². The number of carbonyl (C=O) groups is 1. The smallest absolute Gasteiger partial charge is 0.169 e. The van der Waals surface area contributed by atoms with E-state index in [0.29, 0.717) is 6.61 Å². The van der Waals surface area contributed by atoms with Gasteiger partial charge in [0.2, 0.25) is 0 Å². The van der Waals surface area contributed by atoms with Gasteiger partial charge in [-0.05, 0) is 31.4 Å². The highest BCUT2D eigenvalue weighted by atomic mass is 19.2. The van der Waals surface area contributed by atoms with Crippen LogP contribution < -0.4 is 0 Å². The first-order valence-electron chi connectivity index (χ1n) is 5.69. The zero-order valence-electron chi connectivity index (χ0n) is 9.63. The first-order valence-corrected chi connectivity index (χ1v) is 5.69. The van der Waals surface area contributed by atoms with Crippen LogP contribution in [0.15, 0.2) is 12.1 Å². The predicted octanol–water partition coefficient (Wildman–Crippen LogP) is 3.03. The Hall–Kier alpha value is -1.29. The summed E-state index contributed by atoms with van der Waals surface area (Å²) in [5.41, 5.74) is 0.0276. The Labute approximate surface area is 98.6 Å². The minimum atomic E-state index is -1.05. The lowest BCUT2D eigenvalue weighted by Crippen LogP contribution is -2.14. The molecule has 0 bridgehead atoms. The van der Waals surface area contributed by atoms with Crippen molar-refractivity contribution in [3.05, 3.63) is 34.9 Å². The van der Waals surface area contributed by atoms with E-state index in [4.69, 9.17) is 4.74 Å². The molecular formula is C13H14F2O2. The zero-order chi connectivity index (χ0) is 12.4. The topological polar surface area (TPSA) is 26.3 Å². The second-order valence-electron chi connectivity index (χ2n) is 4.32. The van der Waals surface area contributed by atoms with Gasteiger partial charge in [-0.3, -0.25) is 4.79 Å². The van der Waals surface area contributed by atoms with Gasteiger partial charge in [-0.15, -0.1) is 0 Å². The van der Waals surface area contributed by atoms with Crippen molar-refractivity contribution in [2.24, 2.45) is 0 Å². The molecule has 92 valence electrons. The normalized spacial score (nSPS) is 19.6. The standard InChI is InChI=1S/C13H14F2O2/c1-8-4-5-10(13(15)12(8)14)11(16)7-9-3-2-6-17-9/h4-5,9H,2-3,6-7H2,1H3. The number of ketones is 1. The molecule has 1 atom stereocenters. The number of benzene rings is 1. The molecule has 0 N–H and O–H groups in total. The summed E-state index contributed by atoms with van der Waals surface area (Å²) in [5, 5.41) is 0. The van der Waals surface area contributed by atoms with Crippen LogP contribution >= 0.6 is 0 Å². The fourth-order valence-corrected chi connectivity index (χ4v) is 1.98. The molecule has 0 aromatic heterocycles. The van der Waals surface area contributed by atoms with Gasteiger partial charge in [0.1, 0.15) is 0 Å². The fourth-order valence-electron chi connectivity index (χ4n) is 1.98. The van der Waals surface area contributed by atoms with E-state index in [1.165, 1.54) is 19.1 Å². The third kappa shape index (κ3) is 2.52. The number of aryl methyl sites for hydroxylation is 1. The van der Waals surface area contributed by atoms with Crippen LogP contribution in [0.25, 0.3) is 0 Å². The summed E-state index contributed by atoms with van der Waals surface area (Å²) in [5.74, 6) is -2.38. The quantitative estimate of drug-likeness (QED) is 0.759. The van der Waals surface area contributed by atoms with Gasteiger partial charge in [0, 0.05) is 13.0 Å². The molecule has 4 heteroatoms. The average Bonchev–Trinajstić information content (AvgIpc) is 2.78. The van der Waals surface area contributed by atoms with Crippen molar-refractivity contribution >= 4 is 5.78 Å². The lowest BCUT2D eigenvalue weighted by molar-refractivity contribution is 0.0771. The van der Waals surface area contributed by atoms with Gasteiger partial charge in [0.25, 0.3) is 0 Å². The van der Waals surface area contributed by atoms with Gasteiger partial charge in [0.05, 0.1) is 11.7 Å². The van der Waals surface area contributed by atoms with Crippen molar-refractivity contribution in [1.29, 1.82) is 0 Å². The molecule has 0 amide bonds. The summed E-state index contributed by atoms with van der Waals surface area (Å²) >= 11 is 0. The summed E-state index contributed by atoms with van der Waals surface area (Å²) in [6.07, 6.45) is 1.70. The monoisotopic (exact) mass is 240 g/mol. The molecule has 1 heterocycles. The molecule has 1 saturated heterocycles. The van der Waals surface area contributed by atoms with Gasteiger partial charge in [-0.1, -0.05) is 6.07 Å². The van der Waals surface area contributed by atoms with Gasteiger partial charge in [0.15, 0.2) is 17.4 Å². The highest BCUT2D eigenvalue weighted by Crippen LogP contribution is 2.21. The van der Waals surface area contributed by atoms with Crippen molar-refractivity contribution in [2.75, 3.05) is 6.61 Å². The van der Waals surface area contributed by atoms with Crippen LogP contribution in [-0.4, -0.2) is 18.5 Å². The Morgan fingerprint density at radius 2 is 2.18 bits per heavy atom. The van der Waals surface area contributed by atoms with Gasteiger partial charge >= 0.3 is 0 Å². The van der Waals surface area contributed by atoms with Gasteiger partial charge in [-0.2, -0.15) is 0 Å². The van der Waals surface area contributed by atoms with Crippen molar-refractivity contribution in [3.63, 3.8) is 0 Å². The summed E-state index contributed by atoms with van der Waals surface area (Å²) in [6, 6.07) is 2.76. The maximum Gasteiger partial charge on any atom is 0.169 e. The maximum absolute atomic E-state index is 13.6. The van der Waals surface area contributed by atoms with Crippen LogP contribution in [0.2, 0.25) is 0 Å². The van der Waals surface area contributed by atoms with E-state index in [1.54, 1.807) is 0 Å². The summed E-state index contributed by atoms with van der Waals surface area (Å²) < 4.78 is 32.2. The molecule has 1 unspecified atom stereocenters. The van der Waals surface area contributed by atoms with E-state index in [9.17, 15) is 13.6 Å². The van der Waals surface area contributed by atoms with E-state index < -0.39 is 17.4 Å². The first-order chi connectivity index (χ1) is 8.09. The number of hydrogen-bond donors (Lipinski definition) is 0. The van der Waals surface area contributed by atoms with Crippen LogP contribution in [0.1, 0.15) is 35.2 Å². The first kappa shape index (κ1) is 12.2. The molecular weight excluding hydrogens is 226 g/mol. The fraction of sp³-hybridized carbons (Fsp3) is 0.462. The number of ether oxygens (including phenoxy) is 1. The molecule has 1 aliphatic rings. The number of rotatable bonds is 3. The zero-order valence-corrected chi connectivity index (χ0v) is 9.63. The Bertz CT molecular complexity index is 437. The molecule has 17 heavy (non-hydrogen) atoms. The SMILES string of the molecule is Cc1ccc(C(=O)CC2CCCO2)c(F)c1F. The molecule has 1 fully saturated rings. The van der Waals surface area contributed by atoms with E-state index in [0.717, 1.165) is 12.8 Å². The number of halogens is 2. The molecule has 0 radical (unpaired) electrons. The summed E-state index contributed by atoms with van der Waals surface area (Å²) in [6.45, 7) is 2.11.